The third-order valence-electron chi connectivity index (χ3n) is 4.03. The lowest BCUT2D eigenvalue weighted by atomic mass is 9.83. The second-order valence-corrected chi connectivity index (χ2v) is 7.22. The Kier molecular flexibility index (Phi) is 5.45. The quantitative estimate of drug-likeness (QED) is 0.835. The van der Waals surface area contributed by atoms with Gasteiger partial charge >= 0.3 is 5.97 Å². The molecule has 2 N–H and O–H groups in total. The molecule has 0 saturated carbocycles. The number of benzene rings is 1. The van der Waals surface area contributed by atoms with Crippen molar-refractivity contribution in [2.24, 2.45) is 0 Å². The number of aliphatic hydroxyl groups excluding tert-OH is 2. The van der Waals surface area contributed by atoms with Gasteiger partial charge in [0.05, 0.1) is 17.8 Å². The van der Waals surface area contributed by atoms with Crippen molar-refractivity contribution in [1.29, 1.82) is 0 Å². The SMILES string of the molecule is Cc1cc(C(=O)OCC2CC(O)CC(O)O2)ccc1C(C)(C)C. The molecule has 2 rings (SSSR count). The Morgan fingerprint density at radius 1 is 1.30 bits per heavy atom. The lowest BCUT2D eigenvalue weighted by Gasteiger charge is -2.29. The zero-order valence-corrected chi connectivity index (χ0v) is 14.2. The first-order chi connectivity index (χ1) is 10.7. The van der Waals surface area contributed by atoms with Gasteiger partial charge in [0.25, 0.3) is 0 Å². The van der Waals surface area contributed by atoms with Crippen LogP contribution in [0.15, 0.2) is 18.2 Å². The average molecular weight is 322 g/mol. The van der Waals surface area contributed by atoms with Crippen molar-refractivity contribution in [1.82, 2.24) is 0 Å². The van der Waals surface area contributed by atoms with E-state index in [0.29, 0.717) is 12.0 Å². The minimum absolute atomic E-state index is 0.0209. The average Bonchev–Trinajstić information content (AvgIpc) is 2.42. The minimum atomic E-state index is -1.00. The Hall–Kier alpha value is -1.43. The fourth-order valence-corrected chi connectivity index (χ4v) is 2.96. The Labute approximate surface area is 137 Å². The zero-order valence-electron chi connectivity index (χ0n) is 14.2. The topological polar surface area (TPSA) is 76.0 Å². The molecule has 1 aromatic rings. The first kappa shape index (κ1) is 17.9. The van der Waals surface area contributed by atoms with E-state index in [1.807, 2.05) is 19.1 Å². The van der Waals surface area contributed by atoms with Crippen molar-refractivity contribution >= 4 is 5.97 Å². The molecule has 0 amide bonds. The van der Waals surface area contributed by atoms with E-state index in [-0.39, 0.29) is 18.4 Å². The molecule has 1 aliphatic heterocycles. The summed E-state index contributed by atoms with van der Waals surface area (Å²) in [5.41, 5.74) is 2.75. The van der Waals surface area contributed by atoms with Gasteiger partial charge in [-0.15, -0.1) is 0 Å². The largest absolute Gasteiger partial charge is 0.459 e. The molecule has 1 aliphatic rings. The molecule has 1 saturated heterocycles. The van der Waals surface area contributed by atoms with E-state index in [9.17, 15) is 15.0 Å². The van der Waals surface area contributed by atoms with E-state index in [0.717, 1.165) is 5.56 Å². The molecule has 0 bridgehead atoms. The number of ether oxygens (including phenoxy) is 2. The van der Waals surface area contributed by atoms with Gasteiger partial charge in [0.1, 0.15) is 6.61 Å². The van der Waals surface area contributed by atoms with Gasteiger partial charge < -0.3 is 19.7 Å². The normalized spacial score (nSPS) is 25.2. The molecular formula is C18H26O5. The number of rotatable bonds is 3. The Morgan fingerprint density at radius 2 is 2.00 bits per heavy atom. The zero-order chi connectivity index (χ0) is 17.2. The van der Waals surface area contributed by atoms with Gasteiger partial charge in [-0.3, -0.25) is 0 Å². The molecule has 23 heavy (non-hydrogen) atoms. The van der Waals surface area contributed by atoms with E-state index in [4.69, 9.17) is 9.47 Å². The van der Waals surface area contributed by atoms with E-state index in [1.54, 1.807) is 6.07 Å². The molecule has 3 atom stereocenters. The highest BCUT2D eigenvalue weighted by Crippen LogP contribution is 2.26. The van der Waals surface area contributed by atoms with Crippen LogP contribution in [0, 0.1) is 6.92 Å². The van der Waals surface area contributed by atoms with Gasteiger partial charge in [-0.1, -0.05) is 26.8 Å². The minimum Gasteiger partial charge on any atom is -0.459 e. The van der Waals surface area contributed by atoms with Crippen LogP contribution in [0.1, 0.15) is 55.1 Å². The highest BCUT2D eigenvalue weighted by atomic mass is 16.6. The fraction of sp³-hybridized carbons (Fsp3) is 0.611. The van der Waals surface area contributed by atoms with Crippen molar-refractivity contribution in [3.05, 3.63) is 34.9 Å². The fourth-order valence-electron chi connectivity index (χ4n) is 2.96. The van der Waals surface area contributed by atoms with Crippen molar-refractivity contribution in [2.45, 2.75) is 64.4 Å². The summed E-state index contributed by atoms with van der Waals surface area (Å²) in [5.74, 6) is -0.424. The van der Waals surface area contributed by atoms with Crippen LogP contribution in [0.4, 0.5) is 0 Å². The molecule has 1 heterocycles. The number of carbonyl (C=O) groups excluding carboxylic acids is 1. The highest BCUT2D eigenvalue weighted by Gasteiger charge is 2.28. The second kappa shape index (κ2) is 6.99. The molecular weight excluding hydrogens is 296 g/mol. The third kappa shape index (κ3) is 4.77. The van der Waals surface area contributed by atoms with Crippen LogP contribution in [0.2, 0.25) is 0 Å². The van der Waals surface area contributed by atoms with Crippen LogP contribution in [-0.2, 0) is 14.9 Å². The van der Waals surface area contributed by atoms with E-state index in [1.165, 1.54) is 5.56 Å². The van der Waals surface area contributed by atoms with Crippen molar-refractivity contribution in [3.63, 3.8) is 0 Å². The van der Waals surface area contributed by atoms with Gasteiger partial charge in [0.2, 0.25) is 0 Å². The molecule has 3 unspecified atom stereocenters. The molecule has 0 radical (unpaired) electrons. The van der Waals surface area contributed by atoms with E-state index >= 15 is 0 Å². The standard InChI is InChI=1S/C18H26O5/c1-11-7-12(5-6-15(11)18(2,3)4)17(21)22-10-14-8-13(19)9-16(20)23-14/h5-7,13-14,16,19-20H,8-10H2,1-4H3. The number of carbonyl (C=O) groups is 1. The molecule has 1 fully saturated rings. The molecule has 0 spiro atoms. The number of esters is 1. The summed E-state index contributed by atoms with van der Waals surface area (Å²) in [6.45, 7) is 8.39. The van der Waals surface area contributed by atoms with Crippen molar-refractivity contribution in [3.8, 4) is 0 Å². The third-order valence-corrected chi connectivity index (χ3v) is 4.03. The molecule has 0 aromatic heterocycles. The van der Waals surface area contributed by atoms with Crippen LogP contribution >= 0.6 is 0 Å². The molecule has 5 heteroatoms. The highest BCUT2D eigenvalue weighted by molar-refractivity contribution is 5.89. The van der Waals surface area contributed by atoms with Crippen molar-refractivity contribution in [2.75, 3.05) is 6.61 Å². The van der Waals surface area contributed by atoms with Gasteiger partial charge in [-0.05, 0) is 35.6 Å². The summed E-state index contributed by atoms with van der Waals surface area (Å²) < 4.78 is 10.5. The number of aryl methyl sites for hydroxylation is 1. The van der Waals surface area contributed by atoms with Gasteiger partial charge in [-0.2, -0.15) is 0 Å². The predicted octanol–water partition coefficient (Wildman–Crippen LogP) is 2.31. The molecule has 0 aliphatic carbocycles. The Bertz CT molecular complexity index is 551. The monoisotopic (exact) mass is 322 g/mol. The summed E-state index contributed by atoms with van der Waals surface area (Å²) in [6, 6.07) is 5.55. The van der Waals surface area contributed by atoms with Crippen LogP contribution in [0.25, 0.3) is 0 Å². The maximum Gasteiger partial charge on any atom is 0.338 e. The van der Waals surface area contributed by atoms with Gasteiger partial charge in [0, 0.05) is 12.8 Å². The lowest BCUT2D eigenvalue weighted by molar-refractivity contribution is -0.197. The van der Waals surface area contributed by atoms with Crippen molar-refractivity contribution < 1.29 is 24.5 Å². The predicted molar refractivity (Wildman–Crippen MR) is 86.3 cm³/mol. The number of aliphatic hydroxyl groups is 2. The van der Waals surface area contributed by atoms with Gasteiger partial charge in [0.15, 0.2) is 6.29 Å². The smallest absolute Gasteiger partial charge is 0.338 e. The van der Waals surface area contributed by atoms with Crippen LogP contribution in [-0.4, -0.2) is 41.3 Å². The maximum atomic E-state index is 12.2. The molecule has 5 nitrogen and oxygen atoms in total. The Morgan fingerprint density at radius 3 is 2.57 bits per heavy atom. The Balaban J connectivity index is 1.97. The van der Waals surface area contributed by atoms with E-state index in [2.05, 4.69) is 20.8 Å². The summed E-state index contributed by atoms with van der Waals surface area (Å²) in [7, 11) is 0. The number of hydrogen-bond donors (Lipinski definition) is 2. The summed E-state index contributed by atoms with van der Waals surface area (Å²) in [6.07, 6.45) is -1.57. The first-order valence-electron chi connectivity index (χ1n) is 7.96. The van der Waals surface area contributed by atoms with Crippen LogP contribution < -0.4 is 0 Å². The maximum absolute atomic E-state index is 12.2. The number of hydrogen-bond acceptors (Lipinski definition) is 5. The van der Waals surface area contributed by atoms with Gasteiger partial charge in [-0.25, -0.2) is 4.79 Å². The first-order valence-corrected chi connectivity index (χ1v) is 7.96. The summed E-state index contributed by atoms with van der Waals surface area (Å²) in [4.78, 5) is 12.2. The summed E-state index contributed by atoms with van der Waals surface area (Å²) in [5, 5.41) is 19.0. The molecule has 128 valence electrons. The second-order valence-electron chi connectivity index (χ2n) is 7.22. The van der Waals surface area contributed by atoms with Crippen LogP contribution in [0.3, 0.4) is 0 Å². The summed E-state index contributed by atoms with van der Waals surface area (Å²) >= 11 is 0. The van der Waals surface area contributed by atoms with E-state index < -0.39 is 24.5 Å². The van der Waals surface area contributed by atoms with Crippen LogP contribution in [0.5, 0.6) is 0 Å². The lowest BCUT2D eigenvalue weighted by Crippen LogP contribution is -2.38. The molecule has 1 aromatic carbocycles.